The van der Waals surface area contributed by atoms with Gasteiger partial charge in [0.25, 0.3) is 0 Å². The molecule has 2 saturated heterocycles. The second-order valence-electron chi connectivity index (χ2n) is 9.24. The van der Waals surface area contributed by atoms with Crippen molar-refractivity contribution in [1.82, 2.24) is 9.80 Å². The summed E-state index contributed by atoms with van der Waals surface area (Å²) in [6.07, 6.45) is 8.53. The summed E-state index contributed by atoms with van der Waals surface area (Å²) in [5, 5.41) is 9.88. The number of cyclic esters (lactones) is 1. The van der Waals surface area contributed by atoms with Gasteiger partial charge in [0.15, 0.2) is 0 Å². The number of carbonyl (C=O) groups excluding carboxylic acids is 3. The minimum atomic E-state index is -1.30. The van der Waals surface area contributed by atoms with Gasteiger partial charge in [-0.3, -0.25) is 14.4 Å². The Hall–Kier alpha value is -2.19. The van der Waals surface area contributed by atoms with Crippen molar-refractivity contribution in [2.75, 3.05) is 19.8 Å². The summed E-state index contributed by atoms with van der Waals surface area (Å²) in [5.74, 6) is -2.79. The number of aliphatic hydroxyl groups is 1. The summed E-state index contributed by atoms with van der Waals surface area (Å²) in [7, 11) is 0. The maximum atomic E-state index is 13.8. The molecule has 8 heteroatoms. The van der Waals surface area contributed by atoms with Gasteiger partial charge in [-0.25, -0.2) is 0 Å². The van der Waals surface area contributed by atoms with Gasteiger partial charge in [0.05, 0.1) is 25.2 Å². The summed E-state index contributed by atoms with van der Waals surface area (Å²) < 4.78 is 12.2. The average molecular weight is 433 g/mol. The van der Waals surface area contributed by atoms with Gasteiger partial charge in [-0.2, -0.15) is 0 Å². The molecule has 0 bridgehead atoms. The summed E-state index contributed by atoms with van der Waals surface area (Å²) in [6.45, 7) is 7.82. The molecule has 2 fully saturated rings. The molecule has 4 aliphatic heterocycles. The molecule has 170 valence electrons. The second kappa shape index (κ2) is 7.74. The largest absolute Gasteiger partial charge is 0.465 e. The van der Waals surface area contributed by atoms with Gasteiger partial charge in [-0.15, -0.1) is 0 Å². The first kappa shape index (κ1) is 22.0. The number of rotatable bonds is 4. The molecule has 4 rings (SSSR count). The van der Waals surface area contributed by atoms with E-state index >= 15 is 0 Å². The Balaban J connectivity index is 1.93. The van der Waals surface area contributed by atoms with E-state index < -0.39 is 41.1 Å². The predicted molar refractivity (Wildman–Crippen MR) is 112 cm³/mol. The summed E-state index contributed by atoms with van der Waals surface area (Å²) in [5.41, 5.74) is -2.32. The van der Waals surface area contributed by atoms with Crippen LogP contribution >= 0.6 is 0 Å². The number of hydrogen-bond donors (Lipinski definition) is 1. The Morgan fingerprint density at radius 3 is 2.52 bits per heavy atom. The third kappa shape index (κ3) is 2.98. The van der Waals surface area contributed by atoms with Crippen molar-refractivity contribution in [3.63, 3.8) is 0 Å². The van der Waals surface area contributed by atoms with E-state index in [9.17, 15) is 19.5 Å². The maximum absolute atomic E-state index is 13.8. The van der Waals surface area contributed by atoms with Crippen LogP contribution in [0, 0.1) is 11.8 Å². The number of fused-ring (bicyclic) bond motifs is 2. The van der Waals surface area contributed by atoms with Crippen molar-refractivity contribution >= 4 is 17.8 Å². The highest BCUT2D eigenvalue weighted by atomic mass is 16.6. The minimum absolute atomic E-state index is 0.0761. The molecule has 0 radical (unpaired) electrons. The molecule has 0 aromatic heterocycles. The molecule has 1 unspecified atom stereocenters. The van der Waals surface area contributed by atoms with Crippen molar-refractivity contribution in [2.24, 2.45) is 11.8 Å². The molecule has 2 amide bonds. The number of nitrogens with zero attached hydrogens (tertiary/aromatic N) is 2. The van der Waals surface area contributed by atoms with Crippen LogP contribution in [-0.4, -0.2) is 81.8 Å². The zero-order chi connectivity index (χ0) is 22.6. The van der Waals surface area contributed by atoms with E-state index in [1.165, 1.54) is 4.90 Å². The lowest BCUT2D eigenvalue weighted by Crippen LogP contribution is -2.59. The second-order valence-corrected chi connectivity index (χ2v) is 9.24. The number of aliphatic hydroxyl groups excluding tert-OH is 1. The van der Waals surface area contributed by atoms with Gasteiger partial charge < -0.3 is 24.4 Å². The molecule has 8 nitrogen and oxygen atoms in total. The molecule has 6 atom stereocenters. The fourth-order valence-electron chi connectivity index (χ4n) is 5.71. The molecule has 1 N–H and O–H groups in total. The molecule has 0 aliphatic carbocycles. The lowest BCUT2D eigenvalue weighted by atomic mass is 9.73. The number of likely N-dealkylation sites (tertiary alicyclic amines) is 1. The van der Waals surface area contributed by atoms with E-state index in [2.05, 4.69) is 0 Å². The molecule has 0 aromatic carbocycles. The highest BCUT2D eigenvalue weighted by Gasteiger charge is 2.75. The first-order valence-electron chi connectivity index (χ1n) is 11.2. The zero-order valence-corrected chi connectivity index (χ0v) is 18.6. The smallest absolute Gasteiger partial charge is 0.313 e. The van der Waals surface area contributed by atoms with E-state index in [-0.39, 0.29) is 31.1 Å². The standard InChI is InChI=1S/C23H32N2O6/c1-5-22-9-6-7-12-30-21(29)17(22)16-19(27)25(15(4)13-26)18-20(28)24(14(2)3)11-8-10-23(16,18)31-22/h6,8-10,14-18,26H,5,7,11-13H2,1-4H3/t15-,16+,17-,18?,22+,23+/m1/s1. The van der Waals surface area contributed by atoms with E-state index in [0.717, 1.165) is 0 Å². The normalized spacial score (nSPS) is 38.4. The van der Waals surface area contributed by atoms with Gasteiger partial charge >= 0.3 is 5.97 Å². The highest BCUT2D eigenvalue weighted by Crippen LogP contribution is 2.58. The number of hydrogen-bond acceptors (Lipinski definition) is 6. The first-order valence-corrected chi connectivity index (χ1v) is 11.2. The molecule has 0 saturated carbocycles. The number of carbonyl (C=O) groups is 3. The van der Waals surface area contributed by atoms with Crippen molar-refractivity contribution in [1.29, 1.82) is 0 Å². The molecular weight excluding hydrogens is 400 g/mol. The van der Waals surface area contributed by atoms with E-state index in [1.54, 1.807) is 11.8 Å². The molecule has 31 heavy (non-hydrogen) atoms. The van der Waals surface area contributed by atoms with Crippen LogP contribution < -0.4 is 0 Å². The SMILES string of the molecule is CC[C@]12C=CCCOC(=O)[C@H]1[C@H]1C(=O)N([C@H](C)CO)C3C(=O)N(C(C)C)CC=C[C@@]31O2. The monoisotopic (exact) mass is 432 g/mol. The van der Waals surface area contributed by atoms with Crippen LogP contribution in [-0.2, 0) is 23.9 Å². The van der Waals surface area contributed by atoms with Crippen LogP contribution in [0.25, 0.3) is 0 Å². The Morgan fingerprint density at radius 1 is 1.13 bits per heavy atom. The predicted octanol–water partition coefficient (Wildman–Crippen LogP) is 1.04. The number of amides is 2. The molecule has 0 aromatic rings. The summed E-state index contributed by atoms with van der Waals surface area (Å²) in [6, 6.07) is -1.62. The van der Waals surface area contributed by atoms with Gasteiger partial charge in [0.2, 0.25) is 11.8 Å². The lowest BCUT2D eigenvalue weighted by molar-refractivity contribution is -0.163. The van der Waals surface area contributed by atoms with Crippen LogP contribution in [0.3, 0.4) is 0 Å². The zero-order valence-electron chi connectivity index (χ0n) is 18.6. The Kier molecular flexibility index (Phi) is 5.50. The summed E-state index contributed by atoms with van der Waals surface area (Å²) in [4.78, 5) is 44.0. The summed E-state index contributed by atoms with van der Waals surface area (Å²) >= 11 is 0. The Morgan fingerprint density at radius 2 is 1.87 bits per heavy atom. The minimum Gasteiger partial charge on any atom is -0.465 e. The third-order valence-electron chi connectivity index (χ3n) is 7.23. The van der Waals surface area contributed by atoms with Crippen molar-refractivity contribution in [3.8, 4) is 0 Å². The van der Waals surface area contributed by atoms with Crippen LogP contribution in [0.5, 0.6) is 0 Å². The quantitative estimate of drug-likeness (QED) is 0.527. The van der Waals surface area contributed by atoms with Crippen molar-refractivity contribution < 1.29 is 29.0 Å². The Bertz CT molecular complexity index is 838. The van der Waals surface area contributed by atoms with E-state index in [0.29, 0.717) is 19.4 Å². The average Bonchev–Trinajstić information content (AvgIpc) is 3.08. The van der Waals surface area contributed by atoms with Crippen LogP contribution in [0.15, 0.2) is 24.3 Å². The molecule has 4 heterocycles. The van der Waals surface area contributed by atoms with Gasteiger partial charge in [-0.05, 0) is 33.6 Å². The maximum Gasteiger partial charge on any atom is 0.313 e. The highest BCUT2D eigenvalue weighted by molar-refractivity contribution is 5.99. The van der Waals surface area contributed by atoms with Crippen molar-refractivity contribution in [2.45, 2.75) is 69.9 Å². The molecule has 4 aliphatic rings. The van der Waals surface area contributed by atoms with Crippen molar-refractivity contribution in [3.05, 3.63) is 24.3 Å². The lowest BCUT2D eigenvalue weighted by Gasteiger charge is -2.40. The first-order chi connectivity index (χ1) is 14.7. The van der Waals surface area contributed by atoms with E-state index in [1.807, 2.05) is 45.1 Å². The number of esters is 1. The molecule has 1 spiro atoms. The van der Waals surface area contributed by atoms with Gasteiger partial charge in [0.1, 0.15) is 23.2 Å². The van der Waals surface area contributed by atoms with Crippen LogP contribution in [0.2, 0.25) is 0 Å². The van der Waals surface area contributed by atoms with Gasteiger partial charge in [-0.1, -0.05) is 31.2 Å². The topological polar surface area (TPSA) is 96.4 Å². The number of ether oxygens (including phenoxy) is 2. The Labute approximate surface area is 182 Å². The molecular formula is C23H32N2O6. The fourth-order valence-corrected chi connectivity index (χ4v) is 5.71. The van der Waals surface area contributed by atoms with E-state index in [4.69, 9.17) is 9.47 Å². The van der Waals surface area contributed by atoms with Crippen LogP contribution in [0.4, 0.5) is 0 Å². The van der Waals surface area contributed by atoms with Crippen LogP contribution in [0.1, 0.15) is 40.5 Å². The third-order valence-corrected chi connectivity index (χ3v) is 7.23. The fraction of sp³-hybridized carbons (Fsp3) is 0.696. The van der Waals surface area contributed by atoms with Gasteiger partial charge in [0, 0.05) is 12.6 Å².